The number of hydrogen-bond acceptors (Lipinski definition) is 2. The van der Waals surface area contributed by atoms with Gasteiger partial charge < -0.3 is 9.84 Å². The lowest BCUT2D eigenvalue weighted by Gasteiger charge is -2.11. The molecule has 1 aromatic rings. The summed E-state index contributed by atoms with van der Waals surface area (Å²) in [6.07, 6.45) is 0.253. The van der Waals surface area contributed by atoms with Gasteiger partial charge in [0, 0.05) is 6.07 Å². The molecular formula is C13H19FO2. The molecule has 0 aromatic heterocycles. The van der Waals surface area contributed by atoms with E-state index in [0.29, 0.717) is 23.8 Å². The van der Waals surface area contributed by atoms with Crippen LogP contribution in [0.25, 0.3) is 0 Å². The molecule has 0 bridgehead atoms. The third-order valence-electron chi connectivity index (χ3n) is 2.34. The van der Waals surface area contributed by atoms with Crippen molar-refractivity contribution in [2.45, 2.75) is 33.3 Å². The van der Waals surface area contributed by atoms with E-state index in [2.05, 4.69) is 13.8 Å². The van der Waals surface area contributed by atoms with Gasteiger partial charge in [-0.25, -0.2) is 4.39 Å². The molecule has 0 heterocycles. The first kappa shape index (κ1) is 13.0. The first-order valence-electron chi connectivity index (χ1n) is 5.60. The molecule has 1 aromatic carbocycles. The second-order valence-corrected chi connectivity index (χ2v) is 4.43. The van der Waals surface area contributed by atoms with Crippen molar-refractivity contribution in [1.29, 1.82) is 0 Å². The van der Waals surface area contributed by atoms with Gasteiger partial charge in [-0.15, -0.1) is 0 Å². The highest BCUT2D eigenvalue weighted by atomic mass is 19.1. The summed E-state index contributed by atoms with van der Waals surface area (Å²) in [7, 11) is 0. The van der Waals surface area contributed by atoms with Crippen LogP contribution < -0.4 is 4.74 Å². The van der Waals surface area contributed by atoms with E-state index in [1.165, 1.54) is 12.1 Å². The summed E-state index contributed by atoms with van der Waals surface area (Å²) < 4.78 is 18.6. The Morgan fingerprint density at radius 1 is 1.25 bits per heavy atom. The standard InChI is InChI=1S/C13H19FO2/c1-9(2)4-5-16-13-7-11(10(3)15)6-12(14)8-13/h6-10,15H,4-5H2,1-3H3/t10-/m0/s1. The highest BCUT2D eigenvalue weighted by molar-refractivity contribution is 5.30. The lowest BCUT2D eigenvalue weighted by molar-refractivity contribution is 0.197. The molecule has 0 fully saturated rings. The lowest BCUT2D eigenvalue weighted by atomic mass is 10.1. The first-order valence-corrected chi connectivity index (χ1v) is 5.60. The van der Waals surface area contributed by atoms with E-state index < -0.39 is 6.10 Å². The van der Waals surface area contributed by atoms with Crippen LogP contribution >= 0.6 is 0 Å². The van der Waals surface area contributed by atoms with Crippen LogP contribution in [0.2, 0.25) is 0 Å². The summed E-state index contributed by atoms with van der Waals surface area (Å²) in [5.41, 5.74) is 0.541. The Bertz CT molecular complexity index is 335. The molecule has 0 saturated carbocycles. The Balaban J connectivity index is 2.65. The molecular weight excluding hydrogens is 207 g/mol. The SMILES string of the molecule is CC(C)CCOc1cc(F)cc([C@H](C)O)c1. The quantitative estimate of drug-likeness (QED) is 0.834. The van der Waals surface area contributed by atoms with Gasteiger partial charge in [0.15, 0.2) is 0 Å². The van der Waals surface area contributed by atoms with Gasteiger partial charge in [0.1, 0.15) is 11.6 Å². The molecule has 2 nitrogen and oxygen atoms in total. The zero-order valence-electron chi connectivity index (χ0n) is 10.0. The highest BCUT2D eigenvalue weighted by Crippen LogP contribution is 2.21. The van der Waals surface area contributed by atoms with Gasteiger partial charge in [-0.2, -0.15) is 0 Å². The van der Waals surface area contributed by atoms with Crippen molar-refractivity contribution in [2.24, 2.45) is 5.92 Å². The van der Waals surface area contributed by atoms with Crippen LogP contribution in [-0.2, 0) is 0 Å². The number of aliphatic hydroxyl groups excluding tert-OH is 1. The van der Waals surface area contributed by atoms with E-state index in [4.69, 9.17) is 4.74 Å². The van der Waals surface area contributed by atoms with Crippen molar-refractivity contribution in [1.82, 2.24) is 0 Å². The van der Waals surface area contributed by atoms with E-state index in [1.807, 2.05) is 0 Å². The Labute approximate surface area is 96.1 Å². The minimum atomic E-state index is -0.678. The zero-order valence-corrected chi connectivity index (χ0v) is 10.0. The Morgan fingerprint density at radius 3 is 2.50 bits per heavy atom. The monoisotopic (exact) mass is 226 g/mol. The Hall–Kier alpha value is -1.09. The molecule has 0 aliphatic carbocycles. The maximum atomic E-state index is 13.2. The van der Waals surface area contributed by atoms with Gasteiger partial charge in [-0.3, -0.25) is 0 Å². The van der Waals surface area contributed by atoms with Crippen molar-refractivity contribution in [3.05, 3.63) is 29.6 Å². The summed E-state index contributed by atoms with van der Waals surface area (Å²) in [6, 6.07) is 4.33. The fourth-order valence-electron chi connectivity index (χ4n) is 1.32. The summed E-state index contributed by atoms with van der Waals surface area (Å²) in [5, 5.41) is 9.36. The van der Waals surface area contributed by atoms with E-state index in [-0.39, 0.29) is 5.82 Å². The van der Waals surface area contributed by atoms with E-state index in [1.54, 1.807) is 13.0 Å². The van der Waals surface area contributed by atoms with Crippen molar-refractivity contribution < 1.29 is 14.2 Å². The van der Waals surface area contributed by atoms with Crippen LogP contribution in [0, 0.1) is 11.7 Å². The van der Waals surface area contributed by atoms with Gasteiger partial charge in [0.05, 0.1) is 12.7 Å². The lowest BCUT2D eigenvalue weighted by Crippen LogP contribution is -2.02. The fourth-order valence-corrected chi connectivity index (χ4v) is 1.32. The van der Waals surface area contributed by atoms with Gasteiger partial charge in [0.25, 0.3) is 0 Å². The minimum absolute atomic E-state index is 0.377. The van der Waals surface area contributed by atoms with Crippen molar-refractivity contribution in [3.63, 3.8) is 0 Å². The number of hydrogen-bond donors (Lipinski definition) is 1. The van der Waals surface area contributed by atoms with Crippen molar-refractivity contribution in [2.75, 3.05) is 6.61 Å². The van der Waals surface area contributed by atoms with Crippen LogP contribution in [0.3, 0.4) is 0 Å². The highest BCUT2D eigenvalue weighted by Gasteiger charge is 2.06. The number of halogens is 1. The van der Waals surface area contributed by atoms with Gasteiger partial charge >= 0.3 is 0 Å². The smallest absolute Gasteiger partial charge is 0.127 e. The average Bonchev–Trinajstić information content (AvgIpc) is 2.16. The van der Waals surface area contributed by atoms with E-state index in [9.17, 15) is 9.50 Å². The Morgan fingerprint density at radius 2 is 1.94 bits per heavy atom. The summed E-state index contributed by atoms with van der Waals surface area (Å²) in [5.74, 6) is 0.666. The normalized spacial score (nSPS) is 12.9. The number of ether oxygens (including phenoxy) is 1. The topological polar surface area (TPSA) is 29.5 Å². The predicted molar refractivity (Wildman–Crippen MR) is 62.0 cm³/mol. The largest absolute Gasteiger partial charge is 0.493 e. The molecule has 0 amide bonds. The predicted octanol–water partition coefficient (Wildman–Crippen LogP) is 3.30. The Kier molecular flexibility index (Phi) is 4.74. The summed E-state index contributed by atoms with van der Waals surface area (Å²) in [6.45, 7) is 6.39. The fraction of sp³-hybridized carbons (Fsp3) is 0.538. The van der Waals surface area contributed by atoms with Gasteiger partial charge in [-0.05, 0) is 37.0 Å². The average molecular weight is 226 g/mol. The van der Waals surface area contributed by atoms with Crippen LogP contribution in [0.1, 0.15) is 38.9 Å². The summed E-state index contributed by atoms with van der Waals surface area (Å²) in [4.78, 5) is 0. The molecule has 1 atom stereocenters. The number of aliphatic hydroxyl groups is 1. The van der Waals surface area contributed by atoms with E-state index >= 15 is 0 Å². The van der Waals surface area contributed by atoms with Crippen LogP contribution in [0.5, 0.6) is 5.75 Å². The molecule has 90 valence electrons. The molecule has 16 heavy (non-hydrogen) atoms. The molecule has 0 saturated heterocycles. The van der Waals surface area contributed by atoms with E-state index in [0.717, 1.165) is 6.42 Å². The van der Waals surface area contributed by atoms with Gasteiger partial charge in [0.2, 0.25) is 0 Å². The molecule has 0 radical (unpaired) electrons. The molecule has 0 aliphatic rings. The summed E-state index contributed by atoms with van der Waals surface area (Å²) >= 11 is 0. The molecule has 1 N–H and O–H groups in total. The third-order valence-corrected chi connectivity index (χ3v) is 2.34. The number of benzene rings is 1. The first-order chi connectivity index (χ1) is 7.49. The number of rotatable bonds is 5. The molecule has 0 unspecified atom stereocenters. The van der Waals surface area contributed by atoms with Gasteiger partial charge in [-0.1, -0.05) is 13.8 Å². The second kappa shape index (κ2) is 5.85. The van der Waals surface area contributed by atoms with Crippen molar-refractivity contribution >= 4 is 0 Å². The maximum absolute atomic E-state index is 13.2. The van der Waals surface area contributed by atoms with Crippen LogP contribution in [0.15, 0.2) is 18.2 Å². The second-order valence-electron chi connectivity index (χ2n) is 4.43. The van der Waals surface area contributed by atoms with Crippen LogP contribution in [0.4, 0.5) is 4.39 Å². The molecule has 0 aliphatic heterocycles. The third kappa shape index (κ3) is 4.19. The minimum Gasteiger partial charge on any atom is -0.493 e. The molecule has 1 rings (SSSR count). The molecule has 3 heteroatoms. The molecule has 0 spiro atoms. The van der Waals surface area contributed by atoms with Crippen LogP contribution in [-0.4, -0.2) is 11.7 Å². The maximum Gasteiger partial charge on any atom is 0.127 e. The zero-order chi connectivity index (χ0) is 12.1. The van der Waals surface area contributed by atoms with Crippen molar-refractivity contribution in [3.8, 4) is 5.75 Å².